The molecule has 0 spiro atoms. The molecule has 8 aromatic rings. The number of thiophene rings is 2. The van der Waals surface area contributed by atoms with E-state index in [2.05, 4.69) is 83.3 Å². The van der Waals surface area contributed by atoms with E-state index in [-0.39, 0.29) is 0 Å². The first-order chi connectivity index (χ1) is 14.4. The summed E-state index contributed by atoms with van der Waals surface area (Å²) in [7, 11) is 0. The largest absolute Gasteiger partial charge is 0.308 e. The monoisotopic (exact) mass is 403 g/mol. The lowest BCUT2D eigenvalue weighted by atomic mass is 10.0. The van der Waals surface area contributed by atoms with Gasteiger partial charge in [0.25, 0.3) is 0 Å². The molecule has 1 nitrogen and oxygen atoms in total. The van der Waals surface area contributed by atoms with Crippen LogP contribution in [0.2, 0.25) is 0 Å². The number of aromatic nitrogens is 1. The van der Waals surface area contributed by atoms with E-state index in [1.807, 2.05) is 22.7 Å². The smallest absolute Gasteiger partial charge is 0.0635 e. The summed E-state index contributed by atoms with van der Waals surface area (Å²) < 4.78 is 8.07. The third-order valence-corrected chi connectivity index (χ3v) is 8.74. The first-order valence-corrected chi connectivity index (χ1v) is 11.4. The number of pyridine rings is 2. The highest BCUT2D eigenvalue weighted by Crippen LogP contribution is 2.48. The Labute approximate surface area is 173 Å². The van der Waals surface area contributed by atoms with Crippen LogP contribution in [-0.2, 0) is 0 Å². The molecular weight excluding hydrogens is 390 g/mol. The van der Waals surface area contributed by atoms with Crippen molar-refractivity contribution in [3.63, 3.8) is 0 Å². The lowest BCUT2D eigenvalue weighted by molar-refractivity contribution is 1.37. The maximum atomic E-state index is 2.52. The maximum absolute atomic E-state index is 2.52. The summed E-state index contributed by atoms with van der Waals surface area (Å²) in [6.07, 6.45) is 0. The molecule has 0 radical (unpaired) electrons. The summed E-state index contributed by atoms with van der Waals surface area (Å²) in [4.78, 5) is 0. The third kappa shape index (κ3) is 1.61. The first-order valence-electron chi connectivity index (χ1n) is 9.80. The van der Waals surface area contributed by atoms with Crippen LogP contribution in [0.3, 0.4) is 0 Å². The molecule has 0 fully saturated rings. The molecule has 0 bridgehead atoms. The Hall–Kier alpha value is -3.14. The molecule has 0 atom stereocenters. The van der Waals surface area contributed by atoms with Gasteiger partial charge in [-0.15, -0.1) is 22.7 Å². The molecule has 5 aromatic heterocycles. The van der Waals surface area contributed by atoms with Crippen molar-refractivity contribution in [2.75, 3.05) is 0 Å². The highest BCUT2D eigenvalue weighted by molar-refractivity contribution is 7.27. The Balaban J connectivity index is 1.82. The Bertz CT molecular complexity index is 1780. The zero-order chi connectivity index (χ0) is 18.7. The number of hydrogen-bond donors (Lipinski definition) is 0. The number of fused-ring (bicyclic) bond motifs is 10. The first kappa shape index (κ1) is 14.8. The maximum Gasteiger partial charge on any atom is 0.0635 e. The molecule has 3 heteroatoms. The lowest BCUT2D eigenvalue weighted by Gasteiger charge is -2.12. The number of rotatable bonds is 0. The van der Waals surface area contributed by atoms with Gasteiger partial charge in [-0.1, -0.05) is 54.6 Å². The van der Waals surface area contributed by atoms with Crippen molar-refractivity contribution in [3.8, 4) is 0 Å². The van der Waals surface area contributed by atoms with E-state index >= 15 is 0 Å². The summed E-state index contributed by atoms with van der Waals surface area (Å²) in [6.45, 7) is 0. The van der Waals surface area contributed by atoms with Gasteiger partial charge in [0.05, 0.1) is 16.6 Å². The van der Waals surface area contributed by atoms with E-state index in [4.69, 9.17) is 0 Å². The molecule has 5 heterocycles. The standard InChI is InChI=1S/C26H13NS2/c1-3-10-20-14(6-1)22-18-12-13-19-23-15-7-2-4-11-21(15)29-26(23)17-9-5-8-16(25(22)28-20)24(17)27(18)19/h1-13H. The zero-order valence-electron chi connectivity index (χ0n) is 15.3. The summed E-state index contributed by atoms with van der Waals surface area (Å²) in [5.41, 5.74) is 4.02. The molecule has 0 aliphatic rings. The molecule has 8 rings (SSSR count). The van der Waals surface area contributed by atoms with Crippen molar-refractivity contribution >= 4 is 90.3 Å². The van der Waals surface area contributed by atoms with Gasteiger partial charge in [0.1, 0.15) is 0 Å². The number of benzene rings is 3. The van der Waals surface area contributed by atoms with Crippen molar-refractivity contribution in [1.29, 1.82) is 0 Å². The SMILES string of the molecule is c1ccc2c(c1)sc1c3cccc4c5sc6ccccc6c5c5ccc(c21)n5c34. The minimum Gasteiger partial charge on any atom is -0.308 e. The molecule has 29 heavy (non-hydrogen) atoms. The fraction of sp³-hybridized carbons (Fsp3) is 0. The van der Waals surface area contributed by atoms with Gasteiger partial charge in [0.2, 0.25) is 0 Å². The van der Waals surface area contributed by atoms with Gasteiger partial charge >= 0.3 is 0 Å². The molecule has 0 aliphatic heterocycles. The molecule has 0 aliphatic carbocycles. The lowest BCUT2D eigenvalue weighted by Crippen LogP contribution is -1.92. The van der Waals surface area contributed by atoms with E-state index in [1.165, 1.54) is 67.7 Å². The molecule has 3 aromatic carbocycles. The van der Waals surface area contributed by atoms with E-state index in [0.717, 1.165) is 0 Å². The molecule has 0 saturated heterocycles. The normalized spacial score (nSPS) is 12.8. The average Bonchev–Trinajstić information content (AvgIpc) is 3.46. The van der Waals surface area contributed by atoms with Crippen molar-refractivity contribution in [3.05, 3.63) is 78.9 Å². The molecule has 0 unspecified atom stereocenters. The van der Waals surface area contributed by atoms with Gasteiger partial charge in [-0.2, -0.15) is 0 Å². The summed E-state index contributed by atoms with van der Waals surface area (Å²) in [6, 6.07) is 29.1. The van der Waals surface area contributed by atoms with Gasteiger partial charge in [-0.25, -0.2) is 0 Å². The van der Waals surface area contributed by atoms with Crippen molar-refractivity contribution in [2.24, 2.45) is 0 Å². The van der Waals surface area contributed by atoms with Crippen LogP contribution in [0.25, 0.3) is 67.7 Å². The van der Waals surface area contributed by atoms with Crippen LogP contribution in [-0.4, -0.2) is 4.40 Å². The Morgan fingerprint density at radius 3 is 1.52 bits per heavy atom. The van der Waals surface area contributed by atoms with Gasteiger partial charge in [0, 0.05) is 51.1 Å². The molecule has 0 amide bonds. The van der Waals surface area contributed by atoms with E-state index in [9.17, 15) is 0 Å². The third-order valence-electron chi connectivity index (χ3n) is 6.33. The number of nitrogens with zero attached hydrogens (tertiary/aromatic N) is 1. The van der Waals surface area contributed by atoms with E-state index in [0.29, 0.717) is 0 Å². The summed E-state index contributed by atoms with van der Waals surface area (Å²) >= 11 is 3.85. The van der Waals surface area contributed by atoms with Crippen LogP contribution in [0.4, 0.5) is 0 Å². The molecule has 0 N–H and O–H groups in total. The Morgan fingerprint density at radius 2 is 0.966 bits per heavy atom. The van der Waals surface area contributed by atoms with Gasteiger partial charge in [-0.05, 0) is 24.3 Å². The summed E-state index contributed by atoms with van der Waals surface area (Å²) in [5.74, 6) is 0. The highest BCUT2D eigenvalue weighted by Gasteiger charge is 2.21. The second-order valence-electron chi connectivity index (χ2n) is 7.75. The Kier molecular flexibility index (Phi) is 2.49. The van der Waals surface area contributed by atoms with Gasteiger partial charge < -0.3 is 4.40 Å². The van der Waals surface area contributed by atoms with Crippen LogP contribution >= 0.6 is 22.7 Å². The minimum absolute atomic E-state index is 1.33. The van der Waals surface area contributed by atoms with Crippen LogP contribution < -0.4 is 0 Å². The minimum atomic E-state index is 1.33. The van der Waals surface area contributed by atoms with Crippen molar-refractivity contribution in [2.45, 2.75) is 0 Å². The zero-order valence-corrected chi connectivity index (χ0v) is 16.9. The number of hydrogen-bond acceptors (Lipinski definition) is 2. The topological polar surface area (TPSA) is 4.41 Å². The second-order valence-corrected chi connectivity index (χ2v) is 9.85. The van der Waals surface area contributed by atoms with Crippen LogP contribution in [0, 0.1) is 0 Å². The highest BCUT2D eigenvalue weighted by atomic mass is 32.1. The molecule has 0 saturated carbocycles. The Morgan fingerprint density at radius 1 is 0.483 bits per heavy atom. The fourth-order valence-electron chi connectivity index (χ4n) is 5.20. The second kappa shape index (κ2) is 4.88. The molecule has 134 valence electrons. The predicted molar refractivity (Wildman–Crippen MR) is 129 cm³/mol. The summed E-state index contributed by atoms with van der Waals surface area (Å²) in [5, 5.41) is 8.25. The van der Waals surface area contributed by atoms with Gasteiger partial charge in [-0.3, -0.25) is 0 Å². The number of para-hydroxylation sites is 1. The molecular formula is C26H13NS2. The van der Waals surface area contributed by atoms with E-state index < -0.39 is 0 Å². The quantitative estimate of drug-likeness (QED) is 0.239. The van der Waals surface area contributed by atoms with Crippen LogP contribution in [0.5, 0.6) is 0 Å². The average molecular weight is 404 g/mol. The van der Waals surface area contributed by atoms with Crippen LogP contribution in [0.1, 0.15) is 0 Å². The van der Waals surface area contributed by atoms with Crippen molar-refractivity contribution in [1.82, 2.24) is 4.40 Å². The van der Waals surface area contributed by atoms with Crippen molar-refractivity contribution < 1.29 is 0 Å². The predicted octanol–water partition coefficient (Wildman–Crippen LogP) is 8.42. The fourth-order valence-corrected chi connectivity index (χ4v) is 7.67. The van der Waals surface area contributed by atoms with Gasteiger partial charge in [0.15, 0.2) is 0 Å². The van der Waals surface area contributed by atoms with E-state index in [1.54, 1.807) is 0 Å². The van der Waals surface area contributed by atoms with Crippen LogP contribution in [0.15, 0.2) is 78.9 Å².